The van der Waals surface area contributed by atoms with Crippen molar-refractivity contribution in [3.63, 3.8) is 0 Å². The number of aromatic nitrogens is 4. The molecule has 0 aliphatic rings. The quantitative estimate of drug-likeness (QED) is 0.667. The van der Waals surface area contributed by atoms with Crippen LogP contribution in [-0.2, 0) is 6.54 Å². The van der Waals surface area contributed by atoms with Gasteiger partial charge in [-0.3, -0.25) is 0 Å². The second kappa shape index (κ2) is 2.98. The number of H-pyrrole nitrogens is 1. The van der Waals surface area contributed by atoms with E-state index in [0.29, 0.717) is 29.4 Å². The van der Waals surface area contributed by atoms with Crippen LogP contribution >= 0.6 is 0 Å². The van der Waals surface area contributed by atoms with E-state index in [4.69, 9.17) is 10.5 Å². The van der Waals surface area contributed by atoms with Crippen molar-refractivity contribution in [1.29, 1.82) is 0 Å². The smallest absolute Gasteiger partial charge is 0.242 e. The van der Waals surface area contributed by atoms with Crippen molar-refractivity contribution in [3.8, 4) is 5.88 Å². The Morgan fingerprint density at radius 3 is 3.08 bits per heavy atom. The van der Waals surface area contributed by atoms with Crippen LogP contribution < -0.4 is 10.5 Å². The Morgan fingerprint density at radius 2 is 2.38 bits per heavy atom. The zero-order valence-corrected chi connectivity index (χ0v) is 7.11. The van der Waals surface area contributed by atoms with E-state index in [1.165, 1.54) is 6.33 Å². The lowest BCUT2D eigenvalue weighted by Gasteiger charge is -1.96. The molecule has 0 spiro atoms. The number of ether oxygens (including phenoxy) is 1. The molecule has 2 heterocycles. The Balaban J connectivity index is 2.67. The van der Waals surface area contributed by atoms with Gasteiger partial charge in [-0.15, -0.1) is 0 Å². The summed E-state index contributed by atoms with van der Waals surface area (Å²) in [6.45, 7) is 0.347. The minimum absolute atomic E-state index is 0.347. The molecule has 2 rings (SSSR count). The molecule has 0 amide bonds. The van der Waals surface area contributed by atoms with Crippen molar-refractivity contribution >= 4 is 11.2 Å². The van der Waals surface area contributed by atoms with Gasteiger partial charge in [0.15, 0.2) is 5.65 Å². The molecule has 0 unspecified atom stereocenters. The van der Waals surface area contributed by atoms with E-state index in [-0.39, 0.29) is 0 Å². The molecule has 0 fully saturated rings. The van der Waals surface area contributed by atoms with Gasteiger partial charge in [-0.1, -0.05) is 0 Å². The van der Waals surface area contributed by atoms with Crippen LogP contribution in [0.3, 0.4) is 0 Å². The summed E-state index contributed by atoms with van der Waals surface area (Å²) in [7, 11) is 1.55. The molecule has 0 bridgehead atoms. The minimum Gasteiger partial charge on any atom is -0.479 e. The maximum absolute atomic E-state index is 5.42. The highest BCUT2D eigenvalue weighted by molar-refractivity contribution is 5.75. The molecule has 0 aliphatic carbocycles. The van der Waals surface area contributed by atoms with Gasteiger partial charge in [-0.2, -0.15) is 4.98 Å². The Morgan fingerprint density at radius 1 is 1.54 bits per heavy atom. The van der Waals surface area contributed by atoms with Crippen LogP contribution in [0.5, 0.6) is 5.88 Å². The second-order valence-corrected chi connectivity index (χ2v) is 2.47. The monoisotopic (exact) mass is 179 g/mol. The Labute approximate surface area is 74.2 Å². The van der Waals surface area contributed by atoms with E-state index in [0.717, 1.165) is 0 Å². The van der Waals surface area contributed by atoms with Gasteiger partial charge in [0.2, 0.25) is 5.88 Å². The molecule has 6 heteroatoms. The van der Waals surface area contributed by atoms with Crippen molar-refractivity contribution < 1.29 is 4.74 Å². The first-order valence-electron chi connectivity index (χ1n) is 3.78. The second-order valence-electron chi connectivity index (χ2n) is 2.47. The van der Waals surface area contributed by atoms with Crippen LogP contribution in [0.1, 0.15) is 5.82 Å². The van der Waals surface area contributed by atoms with E-state index < -0.39 is 0 Å². The average Bonchev–Trinajstić information content (AvgIpc) is 2.59. The normalized spacial score (nSPS) is 10.6. The number of fused-ring (bicyclic) bond motifs is 1. The number of nitrogens with one attached hydrogen (secondary N) is 1. The van der Waals surface area contributed by atoms with Crippen molar-refractivity contribution in [1.82, 2.24) is 19.9 Å². The molecule has 0 radical (unpaired) electrons. The molecule has 0 saturated heterocycles. The standard InChI is InChI=1S/C7H9N5O/c1-13-7-5-6(9-3-10-7)12-4(2-8)11-5/h3H,2,8H2,1H3,(H,9,10,11,12). The lowest BCUT2D eigenvalue weighted by molar-refractivity contribution is 0.401. The fraction of sp³-hybridized carbons (Fsp3) is 0.286. The van der Waals surface area contributed by atoms with Crippen molar-refractivity contribution in [2.45, 2.75) is 6.54 Å². The van der Waals surface area contributed by atoms with Gasteiger partial charge in [-0.25, -0.2) is 9.97 Å². The van der Waals surface area contributed by atoms with Crippen molar-refractivity contribution in [3.05, 3.63) is 12.2 Å². The summed E-state index contributed by atoms with van der Waals surface area (Å²) in [6.07, 6.45) is 1.41. The average molecular weight is 179 g/mol. The molecule has 3 N–H and O–H groups in total. The van der Waals surface area contributed by atoms with Crippen LogP contribution in [0.15, 0.2) is 6.33 Å². The van der Waals surface area contributed by atoms with Gasteiger partial charge in [0, 0.05) is 0 Å². The summed E-state index contributed by atoms with van der Waals surface area (Å²) in [5.74, 6) is 1.16. The van der Waals surface area contributed by atoms with E-state index in [1.54, 1.807) is 7.11 Å². The van der Waals surface area contributed by atoms with E-state index in [9.17, 15) is 0 Å². The number of rotatable bonds is 2. The molecule has 0 aromatic carbocycles. The van der Waals surface area contributed by atoms with Crippen LogP contribution in [-0.4, -0.2) is 27.0 Å². The first-order valence-corrected chi connectivity index (χ1v) is 3.78. The van der Waals surface area contributed by atoms with Crippen LogP contribution in [0.2, 0.25) is 0 Å². The van der Waals surface area contributed by atoms with Crippen LogP contribution in [0.4, 0.5) is 0 Å². The van der Waals surface area contributed by atoms with E-state index >= 15 is 0 Å². The predicted molar refractivity (Wildman–Crippen MR) is 46.1 cm³/mol. The Kier molecular flexibility index (Phi) is 1.82. The fourth-order valence-electron chi connectivity index (χ4n) is 1.11. The molecular weight excluding hydrogens is 170 g/mol. The van der Waals surface area contributed by atoms with Gasteiger partial charge < -0.3 is 15.5 Å². The molecule has 6 nitrogen and oxygen atoms in total. The third kappa shape index (κ3) is 1.20. The Bertz CT molecular complexity index is 424. The summed E-state index contributed by atoms with van der Waals surface area (Å²) in [4.78, 5) is 15.0. The molecule has 0 saturated carbocycles. The first-order chi connectivity index (χ1) is 6.35. The first kappa shape index (κ1) is 7.93. The highest BCUT2D eigenvalue weighted by atomic mass is 16.5. The highest BCUT2D eigenvalue weighted by Crippen LogP contribution is 2.17. The van der Waals surface area contributed by atoms with Gasteiger partial charge >= 0.3 is 0 Å². The number of hydrogen-bond donors (Lipinski definition) is 2. The predicted octanol–water partition coefficient (Wildman–Crippen LogP) is -0.180. The topological polar surface area (TPSA) is 89.7 Å². The van der Waals surface area contributed by atoms with Crippen LogP contribution in [0, 0.1) is 0 Å². The largest absolute Gasteiger partial charge is 0.479 e. The number of imidazole rings is 1. The summed E-state index contributed by atoms with van der Waals surface area (Å²) in [5, 5.41) is 0. The zero-order chi connectivity index (χ0) is 9.26. The number of methoxy groups -OCH3 is 1. The lowest BCUT2D eigenvalue weighted by atomic mass is 10.5. The lowest BCUT2D eigenvalue weighted by Crippen LogP contribution is -1.97. The fourth-order valence-corrected chi connectivity index (χ4v) is 1.11. The van der Waals surface area contributed by atoms with Crippen molar-refractivity contribution in [2.24, 2.45) is 5.73 Å². The molecule has 13 heavy (non-hydrogen) atoms. The van der Waals surface area contributed by atoms with Gasteiger partial charge in [0.1, 0.15) is 17.7 Å². The Hall–Kier alpha value is -1.69. The highest BCUT2D eigenvalue weighted by Gasteiger charge is 2.07. The van der Waals surface area contributed by atoms with Gasteiger partial charge in [0.25, 0.3) is 0 Å². The maximum atomic E-state index is 5.42. The van der Waals surface area contributed by atoms with E-state index in [2.05, 4.69) is 19.9 Å². The molecule has 0 aliphatic heterocycles. The third-order valence-electron chi connectivity index (χ3n) is 1.69. The van der Waals surface area contributed by atoms with Gasteiger partial charge in [0.05, 0.1) is 13.7 Å². The SMILES string of the molecule is COc1ncnc2nc(CN)[nH]c12. The zero-order valence-electron chi connectivity index (χ0n) is 7.11. The molecule has 68 valence electrons. The molecular formula is C7H9N5O. The van der Waals surface area contributed by atoms with E-state index in [1.807, 2.05) is 0 Å². The molecule has 0 atom stereocenters. The van der Waals surface area contributed by atoms with Gasteiger partial charge in [-0.05, 0) is 0 Å². The molecule has 2 aromatic rings. The number of aromatic amines is 1. The maximum Gasteiger partial charge on any atom is 0.242 e. The summed E-state index contributed by atoms with van der Waals surface area (Å²) in [5.41, 5.74) is 6.68. The summed E-state index contributed by atoms with van der Waals surface area (Å²) in [6, 6.07) is 0. The summed E-state index contributed by atoms with van der Waals surface area (Å²) < 4.78 is 5.02. The number of nitrogens with two attached hydrogens (primary N) is 1. The minimum atomic E-state index is 0.347. The number of hydrogen-bond acceptors (Lipinski definition) is 5. The third-order valence-corrected chi connectivity index (χ3v) is 1.69. The van der Waals surface area contributed by atoms with Crippen LogP contribution in [0.25, 0.3) is 11.2 Å². The summed E-state index contributed by atoms with van der Waals surface area (Å²) >= 11 is 0. The molecule has 2 aromatic heterocycles. The van der Waals surface area contributed by atoms with Crippen molar-refractivity contribution in [2.75, 3.05) is 7.11 Å². The number of nitrogens with zero attached hydrogens (tertiary/aromatic N) is 3.